The number of aromatic amines is 1. The molecule has 1 aromatic heterocycles. The molecule has 1 aromatic rings. The van der Waals surface area contributed by atoms with E-state index in [2.05, 4.69) is 15.0 Å². The Morgan fingerprint density at radius 3 is 2.86 bits per heavy atom. The molecule has 0 bridgehead atoms. The summed E-state index contributed by atoms with van der Waals surface area (Å²) in [6.45, 7) is 3.13. The van der Waals surface area contributed by atoms with E-state index in [-0.39, 0.29) is 22.1 Å². The van der Waals surface area contributed by atoms with Gasteiger partial charge in [-0.2, -0.15) is 0 Å². The maximum atomic E-state index is 11.3. The molecule has 0 saturated heterocycles. The van der Waals surface area contributed by atoms with Crippen LogP contribution in [0.2, 0.25) is 0 Å². The van der Waals surface area contributed by atoms with Crippen LogP contribution in [0.3, 0.4) is 0 Å². The molecule has 6 heteroatoms. The maximum absolute atomic E-state index is 11.3. The van der Waals surface area contributed by atoms with Crippen molar-refractivity contribution in [2.45, 2.75) is 13.8 Å². The molecule has 14 heavy (non-hydrogen) atoms. The van der Waals surface area contributed by atoms with Gasteiger partial charge in [0.15, 0.2) is 0 Å². The zero-order valence-corrected chi connectivity index (χ0v) is 8.51. The summed E-state index contributed by atoms with van der Waals surface area (Å²) < 4.78 is 0. The van der Waals surface area contributed by atoms with Crippen LogP contribution in [-0.2, 0) is 0 Å². The van der Waals surface area contributed by atoms with Crippen molar-refractivity contribution in [2.24, 2.45) is 4.99 Å². The third-order valence-corrected chi connectivity index (χ3v) is 1.79. The van der Waals surface area contributed by atoms with E-state index in [9.17, 15) is 4.79 Å². The van der Waals surface area contributed by atoms with E-state index < -0.39 is 0 Å². The smallest absolute Gasteiger partial charge is 0.261 e. The normalized spacial score (nSPS) is 11.5. The van der Waals surface area contributed by atoms with Gasteiger partial charge in [0.05, 0.1) is 17.6 Å². The summed E-state index contributed by atoms with van der Waals surface area (Å²) in [5.74, 6) is 0.0395. The van der Waals surface area contributed by atoms with Gasteiger partial charge in [-0.15, -0.1) is 0 Å². The number of rotatable bonds is 1. The van der Waals surface area contributed by atoms with Gasteiger partial charge in [-0.05, 0) is 13.8 Å². The Hall–Kier alpha value is -1.49. The van der Waals surface area contributed by atoms with Gasteiger partial charge in [0.1, 0.15) is 11.0 Å². The van der Waals surface area contributed by atoms with Crippen molar-refractivity contribution < 1.29 is 0 Å². The number of amidine groups is 1. The molecule has 5 nitrogen and oxygen atoms in total. The first kappa shape index (κ1) is 10.6. The van der Waals surface area contributed by atoms with E-state index in [1.165, 1.54) is 13.3 Å². The number of hydrogen-bond acceptors (Lipinski definition) is 3. The highest BCUT2D eigenvalue weighted by molar-refractivity contribution is 6.70. The highest BCUT2D eigenvalue weighted by atomic mass is 35.5. The summed E-state index contributed by atoms with van der Waals surface area (Å²) >= 11 is 5.76. The van der Waals surface area contributed by atoms with Crippen LogP contribution in [0.25, 0.3) is 0 Å². The third kappa shape index (κ3) is 2.26. The van der Waals surface area contributed by atoms with E-state index in [0.717, 1.165) is 0 Å². The fourth-order valence-electron chi connectivity index (χ4n) is 0.935. The van der Waals surface area contributed by atoms with Gasteiger partial charge in [0, 0.05) is 0 Å². The van der Waals surface area contributed by atoms with E-state index in [1.807, 2.05) is 0 Å². The average molecular weight is 213 g/mol. The molecule has 0 aromatic carbocycles. The summed E-state index contributed by atoms with van der Waals surface area (Å²) in [4.78, 5) is 21.3. The lowest BCUT2D eigenvalue weighted by atomic mass is 10.2. The molecule has 0 radical (unpaired) electrons. The fourth-order valence-corrected chi connectivity index (χ4v) is 1.28. The van der Waals surface area contributed by atoms with Crippen LogP contribution >= 0.6 is 11.6 Å². The van der Waals surface area contributed by atoms with Crippen molar-refractivity contribution in [3.05, 3.63) is 27.9 Å². The number of H-pyrrole nitrogens is 1. The molecule has 74 valence electrons. The zero-order chi connectivity index (χ0) is 10.7. The van der Waals surface area contributed by atoms with Crippen LogP contribution in [0.15, 0.2) is 16.1 Å². The monoisotopic (exact) mass is 212 g/mol. The first-order valence-corrected chi connectivity index (χ1v) is 4.24. The van der Waals surface area contributed by atoms with Crippen LogP contribution in [0.4, 0.5) is 0 Å². The second-order valence-corrected chi connectivity index (χ2v) is 3.04. The summed E-state index contributed by atoms with van der Waals surface area (Å²) in [5.41, 5.74) is 0.344. The van der Waals surface area contributed by atoms with Crippen molar-refractivity contribution in [1.82, 2.24) is 9.97 Å². The van der Waals surface area contributed by atoms with Gasteiger partial charge < -0.3 is 4.98 Å². The Morgan fingerprint density at radius 2 is 2.36 bits per heavy atom. The fraction of sp³-hybridized carbons (Fsp3) is 0.250. The number of aromatic nitrogens is 2. The number of nitrogens with zero attached hydrogens (tertiary/aromatic N) is 2. The van der Waals surface area contributed by atoms with E-state index >= 15 is 0 Å². The molecule has 0 aliphatic carbocycles. The Morgan fingerprint density at radius 1 is 1.71 bits per heavy atom. The molecule has 0 saturated carbocycles. The predicted molar refractivity (Wildman–Crippen MR) is 55.4 cm³/mol. The number of hydrogen-bond donors (Lipinski definition) is 2. The number of aryl methyl sites for hydroxylation is 1. The SMILES string of the molecule is CC(=N)N=C(Cl)c1c(C)nc[nH]c1=O. The predicted octanol–water partition coefficient (Wildman–Crippen LogP) is 1.06. The van der Waals surface area contributed by atoms with Gasteiger partial charge in [-0.1, -0.05) is 11.6 Å². The summed E-state index contributed by atoms with van der Waals surface area (Å²) in [7, 11) is 0. The molecule has 0 aliphatic rings. The number of aliphatic imine (C=N–C) groups is 1. The Bertz CT molecular complexity index is 449. The van der Waals surface area contributed by atoms with Crippen molar-refractivity contribution in [1.29, 1.82) is 5.41 Å². The third-order valence-electron chi connectivity index (χ3n) is 1.51. The van der Waals surface area contributed by atoms with Gasteiger partial charge in [0.25, 0.3) is 5.56 Å². The van der Waals surface area contributed by atoms with Gasteiger partial charge in [-0.3, -0.25) is 10.2 Å². The lowest BCUT2D eigenvalue weighted by Crippen LogP contribution is -2.18. The summed E-state index contributed by atoms with van der Waals surface area (Å²) in [6, 6.07) is 0. The topological polar surface area (TPSA) is 82.0 Å². The quantitative estimate of drug-likeness (QED) is 0.539. The average Bonchev–Trinajstić information content (AvgIpc) is 2.01. The molecule has 0 unspecified atom stereocenters. The van der Waals surface area contributed by atoms with Crippen LogP contribution in [0.1, 0.15) is 18.2 Å². The zero-order valence-electron chi connectivity index (χ0n) is 7.76. The lowest BCUT2D eigenvalue weighted by Gasteiger charge is -1.99. The van der Waals surface area contributed by atoms with Gasteiger partial charge in [-0.25, -0.2) is 9.98 Å². The minimum Gasteiger partial charge on any atom is -0.313 e. The lowest BCUT2D eigenvalue weighted by molar-refractivity contribution is 1.05. The van der Waals surface area contributed by atoms with Gasteiger partial charge >= 0.3 is 0 Å². The Balaban J connectivity index is 3.33. The highest BCUT2D eigenvalue weighted by Gasteiger charge is 2.09. The molecule has 2 N–H and O–H groups in total. The van der Waals surface area contributed by atoms with Gasteiger partial charge in [0.2, 0.25) is 0 Å². The molecule has 0 spiro atoms. The number of nitrogens with one attached hydrogen (secondary N) is 2. The standard InChI is InChI=1S/C8H9ClN4O/c1-4-6(7(9)13-5(2)10)8(14)12-3-11-4/h3,10H,1-2H3,(H,11,12,14). The van der Waals surface area contributed by atoms with E-state index in [0.29, 0.717) is 5.69 Å². The van der Waals surface area contributed by atoms with Crippen molar-refractivity contribution in [2.75, 3.05) is 0 Å². The van der Waals surface area contributed by atoms with Crippen molar-refractivity contribution in [3.8, 4) is 0 Å². The molecule has 1 heterocycles. The summed E-state index contributed by atoms with van der Waals surface area (Å²) in [6.07, 6.45) is 1.29. The Labute approximate surface area is 85.4 Å². The molecule has 1 rings (SSSR count). The second kappa shape index (κ2) is 4.15. The Kier molecular flexibility index (Phi) is 3.14. The van der Waals surface area contributed by atoms with Crippen LogP contribution in [0.5, 0.6) is 0 Å². The van der Waals surface area contributed by atoms with Crippen molar-refractivity contribution >= 4 is 22.6 Å². The van der Waals surface area contributed by atoms with E-state index in [1.54, 1.807) is 6.92 Å². The minimum atomic E-state index is -0.354. The molecule has 0 fully saturated rings. The van der Waals surface area contributed by atoms with Crippen LogP contribution in [-0.4, -0.2) is 21.0 Å². The summed E-state index contributed by atoms with van der Waals surface area (Å²) in [5, 5.41) is 7.10. The molecular weight excluding hydrogens is 204 g/mol. The van der Waals surface area contributed by atoms with Crippen molar-refractivity contribution in [3.63, 3.8) is 0 Å². The highest BCUT2D eigenvalue weighted by Crippen LogP contribution is 2.03. The largest absolute Gasteiger partial charge is 0.313 e. The number of halogens is 1. The molecular formula is C8H9ClN4O. The molecule has 0 amide bonds. The first-order chi connectivity index (χ1) is 6.52. The minimum absolute atomic E-state index is 0.00986. The molecule has 0 atom stereocenters. The first-order valence-electron chi connectivity index (χ1n) is 3.86. The maximum Gasteiger partial charge on any atom is 0.261 e. The second-order valence-electron chi connectivity index (χ2n) is 2.68. The van der Waals surface area contributed by atoms with E-state index in [4.69, 9.17) is 17.0 Å². The molecule has 0 aliphatic heterocycles. The van der Waals surface area contributed by atoms with Crippen LogP contribution in [0, 0.1) is 12.3 Å². The van der Waals surface area contributed by atoms with Crippen LogP contribution < -0.4 is 5.56 Å².